The molecule has 1 amide bonds. The third-order valence-electron chi connectivity index (χ3n) is 8.86. The summed E-state index contributed by atoms with van der Waals surface area (Å²) in [4.78, 5) is 22.5. The number of likely N-dealkylation sites (tertiary alicyclic amines) is 1. The first-order valence-electron chi connectivity index (χ1n) is 14.7. The number of halogens is 2. The molecule has 2 aliphatic heterocycles. The predicted octanol–water partition coefficient (Wildman–Crippen LogP) is 3.77. The van der Waals surface area contributed by atoms with Crippen molar-refractivity contribution in [3.05, 3.63) is 47.5 Å². The van der Waals surface area contributed by atoms with Gasteiger partial charge in [0.05, 0.1) is 22.5 Å². The summed E-state index contributed by atoms with van der Waals surface area (Å²) >= 11 is 0. The molecule has 42 heavy (non-hydrogen) atoms. The number of piperidine rings is 2. The molecule has 0 radical (unpaired) electrons. The van der Waals surface area contributed by atoms with Crippen LogP contribution in [-0.2, 0) is 10.2 Å². The average Bonchev–Trinajstić information content (AvgIpc) is 3.30. The number of carbonyl (C=O) groups is 1. The van der Waals surface area contributed by atoms with Crippen molar-refractivity contribution in [2.75, 3.05) is 45.2 Å². The fraction of sp³-hybridized carbons (Fsp3) is 0.552. The van der Waals surface area contributed by atoms with Crippen molar-refractivity contribution < 1.29 is 22.0 Å². The third-order valence-corrected chi connectivity index (χ3v) is 10.3. The van der Waals surface area contributed by atoms with Crippen molar-refractivity contribution in [2.24, 2.45) is 0 Å². The summed E-state index contributed by atoms with van der Waals surface area (Å²) in [7, 11) is -1.38. The molecule has 13 heteroatoms. The molecule has 4 heterocycles. The van der Waals surface area contributed by atoms with E-state index in [-0.39, 0.29) is 23.5 Å². The lowest BCUT2D eigenvalue weighted by Crippen LogP contribution is -2.49. The summed E-state index contributed by atoms with van der Waals surface area (Å²) in [5, 5.41) is 5.79. The SMILES string of the molecule is CN(C)S(=O)(=O)NC(=O)c1cc(N2CCC(N3CCCC(F)C3)CC2)c2c(C3CCC3)nn(-c3ccc(F)cc3)c2n1. The molecule has 0 spiro atoms. The van der Waals surface area contributed by atoms with Crippen LogP contribution in [0.2, 0.25) is 0 Å². The number of aromatic nitrogens is 3. The van der Waals surface area contributed by atoms with E-state index in [9.17, 15) is 22.0 Å². The average molecular weight is 602 g/mol. The third kappa shape index (κ3) is 5.61. The number of nitrogens with one attached hydrogen (secondary N) is 1. The molecule has 0 bridgehead atoms. The second kappa shape index (κ2) is 11.5. The van der Waals surface area contributed by atoms with Crippen molar-refractivity contribution in [1.82, 2.24) is 28.7 Å². The van der Waals surface area contributed by atoms with Crippen molar-refractivity contribution in [3.8, 4) is 5.69 Å². The topological polar surface area (TPSA) is 104 Å². The van der Waals surface area contributed by atoms with Crippen LogP contribution < -0.4 is 9.62 Å². The minimum Gasteiger partial charge on any atom is -0.371 e. The van der Waals surface area contributed by atoms with Crippen LogP contribution in [0.5, 0.6) is 0 Å². The van der Waals surface area contributed by atoms with Gasteiger partial charge in [-0.05, 0) is 75.4 Å². The zero-order chi connectivity index (χ0) is 29.6. The number of hydrogen-bond acceptors (Lipinski definition) is 7. The molecular formula is C29H37F2N7O3S. The smallest absolute Gasteiger partial charge is 0.303 e. The van der Waals surface area contributed by atoms with Gasteiger partial charge in [-0.2, -0.15) is 17.8 Å². The number of anilines is 1. The molecule has 3 aromatic rings. The van der Waals surface area contributed by atoms with Gasteiger partial charge in [0.2, 0.25) is 0 Å². The molecule has 10 nitrogen and oxygen atoms in total. The molecule has 1 saturated carbocycles. The van der Waals surface area contributed by atoms with Gasteiger partial charge in [-0.15, -0.1) is 0 Å². The quantitative estimate of drug-likeness (QED) is 0.440. The molecule has 226 valence electrons. The number of carbonyl (C=O) groups excluding carboxylic acids is 1. The van der Waals surface area contributed by atoms with E-state index in [0.717, 1.165) is 66.1 Å². The van der Waals surface area contributed by atoms with Crippen LogP contribution >= 0.6 is 0 Å². The number of fused-ring (bicyclic) bond motifs is 1. The van der Waals surface area contributed by atoms with Crippen LogP contribution in [0.3, 0.4) is 0 Å². The molecule has 1 N–H and O–H groups in total. The standard InChI is InChI=1S/C29H37F2N7O3S/c1-35(2)42(40,41)34-29(39)24-17-25(36-15-12-22(13-16-36)37-14-4-7-21(31)18-37)26-27(19-5-3-6-19)33-38(28(26)32-24)23-10-8-20(30)9-11-23/h8-11,17,19,21-22H,3-7,12-16,18H2,1-2H3,(H,34,39). The van der Waals surface area contributed by atoms with Crippen molar-refractivity contribution >= 4 is 32.8 Å². The zero-order valence-electron chi connectivity index (χ0n) is 24.0. The first kappa shape index (κ1) is 28.9. The first-order chi connectivity index (χ1) is 20.1. The second-order valence-electron chi connectivity index (χ2n) is 11.8. The number of amides is 1. The first-order valence-corrected chi connectivity index (χ1v) is 16.1. The minimum absolute atomic E-state index is 0.0511. The van der Waals surface area contributed by atoms with Gasteiger partial charge in [0.25, 0.3) is 5.91 Å². The summed E-state index contributed by atoms with van der Waals surface area (Å²) in [5.41, 5.74) is 2.63. The molecule has 3 aliphatic rings. The van der Waals surface area contributed by atoms with Gasteiger partial charge >= 0.3 is 10.2 Å². The van der Waals surface area contributed by atoms with E-state index >= 15 is 0 Å². The molecule has 1 aromatic carbocycles. The highest BCUT2D eigenvalue weighted by Crippen LogP contribution is 2.43. The number of pyridine rings is 1. The van der Waals surface area contributed by atoms with Gasteiger partial charge in [-0.3, -0.25) is 9.69 Å². The fourth-order valence-corrected chi connectivity index (χ4v) is 6.76. The molecule has 1 unspecified atom stereocenters. The summed E-state index contributed by atoms with van der Waals surface area (Å²) in [6.45, 7) is 2.77. The number of nitrogens with zero attached hydrogens (tertiary/aromatic N) is 6. The largest absolute Gasteiger partial charge is 0.371 e. The Balaban J connectivity index is 1.43. The lowest BCUT2D eigenvalue weighted by atomic mass is 9.82. The number of benzene rings is 1. The van der Waals surface area contributed by atoms with E-state index in [2.05, 4.69) is 19.5 Å². The van der Waals surface area contributed by atoms with Crippen LogP contribution in [0.15, 0.2) is 30.3 Å². The number of rotatable bonds is 7. The fourth-order valence-electron chi connectivity index (χ4n) is 6.24. The summed E-state index contributed by atoms with van der Waals surface area (Å²) in [6.07, 6.45) is 5.47. The Morgan fingerprint density at radius 3 is 2.36 bits per heavy atom. The maximum atomic E-state index is 14.1. The van der Waals surface area contributed by atoms with Crippen molar-refractivity contribution in [2.45, 2.75) is 63.1 Å². The Morgan fingerprint density at radius 2 is 1.74 bits per heavy atom. The van der Waals surface area contributed by atoms with Gasteiger partial charge < -0.3 is 4.90 Å². The Bertz CT molecular complexity index is 1570. The maximum Gasteiger partial charge on any atom is 0.303 e. The number of alkyl halides is 1. The van der Waals surface area contributed by atoms with E-state index in [1.165, 1.54) is 26.2 Å². The predicted molar refractivity (Wildman–Crippen MR) is 156 cm³/mol. The zero-order valence-corrected chi connectivity index (χ0v) is 24.8. The van der Waals surface area contributed by atoms with E-state index < -0.39 is 22.3 Å². The summed E-state index contributed by atoms with van der Waals surface area (Å²) in [5.74, 6) is -0.996. The van der Waals surface area contributed by atoms with Gasteiger partial charge in [0, 0.05) is 45.7 Å². The number of hydrogen-bond donors (Lipinski definition) is 1. The van der Waals surface area contributed by atoms with Crippen molar-refractivity contribution in [1.29, 1.82) is 0 Å². The van der Waals surface area contributed by atoms with E-state index in [1.54, 1.807) is 22.9 Å². The van der Waals surface area contributed by atoms with E-state index in [4.69, 9.17) is 5.10 Å². The Kier molecular flexibility index (Phi) is 7.92. The second-order valence-corrected chi connectivity index (χ2v) is 13.7. The lowest BCUT2D eigenvalue weighted by Gasteiger charge is -2.41. The Hall–Kier alpha value is -3.16. The molecule has 3 fully saturated rings. The van der Waals surface area contributed by atoms with Gasteiger partial charge in [0.15, 0.2) is 5.65 Å². The Labute approximate surface area is 244 Å². The van der Waals surface area contributed by atoms with Gasteiger partial charge in [-0.25, -0.2) is 23.2 Å². The maximum absolute atomic E-state index is 14.1. The highest BCUT2D eigenvalue weighted by atomic mass is 32.2. The van der Waals surface area contributed by atoms with Crippen LogP contribution in [0.1, 0.15) is 67.0 Å². The van der Waals surface area contributed by atoms with Crippen molar-refractivity contribution in [3.63, 3.8) is 0 Å². The summed E-state index contributed by atoms with van der Waals surface area (Å²) < 4.78 is 57.6. The molecular weight excluding hydrogens is 564 g/mol. The monoisotopic (exact) mass is 601 g/mol. The highest BCUT2D eigenvalue weighted by Gasteiger charge is 2.34. The van der Waals surface area contributed by atoms with Crippen LogP contribution in [0, 0.1) is 5.82 Å². The van der Waals surface area contributed by atoms with Crippen LogP contribution in [0.4, 0.5) is 14.5 Å². The van der Waals surface area contributed by atoms with E-state index in [0.29, 0.717) is 37.4 Å². The van der Waals surface area contributed by atoms with Gasteiger partial charge in [-0.1, -0.05) is 6.42 Å². The lowest BCUT2D eigenvalue weighted by molar-refractivity contribution is 0.0865. The Morgan fingerprint density at radius 1 is 1.02 bits per heavy atom. The molecule has 6 rings (SSSR count). The highest BCUT2D eigenvalue weighted by molar-refractivity contribution is 7.87. The summed E-state index contributed by atoms with van der Waals surface area (Å²) in [6, 6.07) is 7.87. The normalized spacial score (nSPS) is 21.2. The van der Waals surface area contributed by atoms with Crippen LogP contribution in [0.25, 0.3) is 16.7 Å². The minimum atomic E-state index is -4.05. The molecule has 1 atom stereocenters. The van der Waals surface area contributed by atoms with E-state index in [1.807, 2.05) is 0 Å². The molecule has 2 saturated heterocycles. The van der Waals surface area contributed by atoms with Gasteiger partial charge in [0.1, 0.15) is 17.7 Å². The van der Waals surface area contributed by atoms with Crippen LogP contribution in [-0.4, -0.2) is 90.8 Å². The molecule has 1 aliphatic carbocycles. The molecule has 2 aromatic heterocycles.